The molecule has 1 saturated carbocycles. The number of aromatic nitrogens is 3. The van der Waals surface area contributed by atoms with Gasteiger partial charge in [0.2, 0.25) is 0 Å². The highest BCUT2D eigenvalue weighted by Gasteiger charge is 2.54. The van der Waals surface area contributed by atoms with Gasteiger partial charge in [-0.05, 0) is 51.7 Å². The van der Waals surface area contributed by atoms with Crippen molar-refractivity contribution in [2.24, 2.45) is 11.3 Å². The fourth-order valence-corrected chi connectivity index (χ4v) is 7.61. The molecule has 1 amide bonds. The summed E-state index contributed by atoms with van der Waals surface area (Å²) in [4.78, 5) is 44.3. The molecule has 0 unspecified atom stereocenters. The van der Waals surface area contributed by atoms with E-state index in [1.807, 2.05) is 17.2 Å². The second-order valence-electron chi connectivity index (χ2n) is 14.4. The number of nitrogens with one attached hydrogen (secondary N) is 1. The number of fused-ring (bicyclic) bond motifs is 1. The average molecular weight is 728 g/mol. The molecule has 0 bridgehead atoms. The van der Waals surface area contributed by atoms with Gasteiger partial charge in [0.25, 0.3) is 5.91 Å². The first kappa shape index (κ1) is 35.8. The fourth-order valence-electron chi connectivity index (χ4n) is 7.61. The van der Waals surface area contributed by atoms with E-state index in [1.165, 1.54) is 17.4 Å². The summed E-state index contributed by atoms with van der Waals surface area (Å²) in [7, 11) is 0. The fraction of sp³-hybridized carbons (Fsp3) is 0.528. The van der Waals surface area contributed by atoms with Crippen LogP contribution in [0.1, 0.15) is 55.2 Å². The van der Waals surface area contributed by atoms with Gasteiger partial charge in [-0.2, -0.15) is 13.2 Å². The smallest absolute Gasteiger partial charge is 0.490 e. The maximum atomic E-state index is 14.8. The van der Waals surface area contributed by atoms with Crippen molar-refractivity contribution < 1.29 is 41.4 Å². The molecule has 7 rings (SSSR count). The lowest BCUT2D eigenvalue weighted by molar-refractivity contribution is -0.189. The molecule has 5 heterocycles. The van der Waals surface area contributed by atoms with Gasteiger partial charge in [-0.1, -0.05) is 0 Å². The van der Waals surface area contributed by atoms with Crippen LogP contribution in [-0.2, 0) is 17.8 Å². The van der Waals surface area contributed by atoms with Crippen molar-refractivity contribution in [3.63, 3.8) is 0 Å². The van der Waals surface area contributed by atoms with Crippen LogP contribution in [0.2, 0.25) is 0 Å². The van der Waals surface area contributed by atoms with E-state index in [0.29, 0.717) is 30.9 Å². The van der Waals surface area contributed by atoms with Crippen LogP contribution in [0.4, 0.5) is 23.4 Å². The Morgan fingerprint density at radius 3 is 2.56 bits per heavy atom. The number of amides is 1. The Kier molecular flexibility index (Phi) is 9.71. The van der Waals surface area contributed by atoms with E-state index in [1.54, 1.807) is 20.8 Å². The highest BCUT2D eigenvalue weighted by atomic mass is 19.4. The van der Waals surface area contributed by atoms with Crippen LogP contribution in [0, 0.1) is 17.2 Å². The molecule has 12 nitrogen and oxygen atoms in total. The van der Waals surface area contributed by atoms with Crippen molar-refractivity contribution >= 4 is 17.7 Å². The van der Waals surface area contributed by atoms with Gasteiger partial charge in [0, 0.05) is 93.8 Å². The normalized spacial score (nSPS) is 18.7. The minimum Gasteiger partial charge on any atom is -0.490 e. The Labute approximate surface area is 298 Å². The molecule has 3 aliphatic heterocycles. The number of pyridine rings is 1. The van der Waals surface area contributed by atoms with Gasteiger partial charge in [-0.3, -0.25) is 14.7 Å². The number of benzene rings is 1. The van der Waals surface area contributed by atoms with Crippen LogP contribution in [0.25, 0.3) is 0 Å². The molecular formula is C36H41F4N7O5. The number of hydrogen-bond acceptors (Lipinski definition) is 11. The quantitative estimate of drug-likeness (QED) is 0.167. The zero-order chi connectivity index (χ0) is 36.8. The largest absolute Gasteiger partial charge is 0.491 e. The van der Waals surface area contributed by atoms with Gasteiger partial charge in [0.1, 0.15) is 24.0 Å². The van der Waals surface area contributed by atoms with E-state index in [-0.39, 0.29) is 29.9 Å². The molecule has 4 aliphatic rings. The third kappa shape index (κ3) is 7.22. The Hall–Kier alpha value is -4.57. The van der Waals surface area contributed by atoms with Gasteiger partial charge in [0.05, 0.1) is 11.8 Å². The molecule has 1 spiro atoms. The van der Waals surface area contributed by atoms with Gasteiger partial charge in [0.15, 0.2) is 23.1 Å². The molecule has 0 radical (unpaired) electrons. The summed E-state index contributed by atoms with van der Waals surface area (Å²) in [5.41, 5.74) is 1.80. The summed E-state index contributed by atoms with van der Waals surface area (Å²) in [6.07, 6.45) is 1.58. The third-order valence-corrected chi connectivity index (χ3v) is 10.3. The number of ether oxygens (including phenoxy) is 3. The van der Waals surface area contributed by atoms with Crippen molar-refractivity contribution in [2.45, 2.75) is 64.9 Å². The van der Waals surface area contributed by atoms with Crippen molar-refractivity contribution in [1.29, 1.82) is 0 Å². The topological polar surface area (TPSA) is 122 Å². The lowest BCUT2D eigenvalue weighted by Crippen LogP contribution is -2.65. The van der Waals surface area contributed by atoms with Gasteiger partial charge in [-0.25, -0.2) is 19.2 Å². The molecule has 2 aromatic heterocycles. The van der Waals surface area contributed by atoms with E-state index in [4.69, 9.17) is 9.47 Å². The first-order valence-electron chi connectivity index (χ1n) is 17.6. The molecule has 1 aromatic carbocycles. The first-order valence-corrected chi connectivity index (χ1v) is 17.6. The number of carbonyl (C=O) groups is 2. The molecule has 1 N–H and O–H groups in total. The van der Waals surface area contributed by atoms with Crippen molar-refractivity contribution in [2.75, 3.05) is 50.7 Å². The van der Waals surface area contributed by atoms with E-state index in [9.17, 15) is 27.2 Å². The Morgan fingerprint density at radius 1 is 1.12 bits per heavy atom. The Bertz CT molecular complexity index is 1820. The lowest BCUT2D eigenvalue weighted by Gasteiger charge is -2.59. The maximum Gasteiger partial charge on any atom is 0.491 e. The minimum absolute atomic E-state index is 0.00677. The molecule has 3 fully saturated rings. The number of rotatable bonds is 11. The molecule has 16 heteroatoms. The van der Waals surface area contributed by atoms with Crippen LogP contribution in [-0.4, -0.2) is 101 Å². The van der Waals surface area contributed by atoms with E-state index in [2.05, 4.69) is 29.9 Å². The van der Waals surface area contributed by atoms with Gasteiger partial charge in [-0.15, -0.1) is 0 Å². The zero-order valence-corrected chi connectivity index (χ0v) is 29.2. The molecule has 1 aliphatic carbocycles. The van der Waals surface area contributed by atoms with E-state index < -0.39 is 40.9 Å². The van der Waals surface area contributed by atoms with Crippen LogP contribution in [0.15, 0.2) is 36.9 Å². The average Bonchev–Trinajstić information content (AvgIpc) is 3.04. The number of esters is 1. The first-order chi connectivity index (χ1) is 24.8. The number of halogens is 4. The van der Waals surface area contributed by atoms with Crippen molar-refractivity contribution in [3.05, 3.63) is 59.6 Å². The molecule has 0 atom stereocenters. The van der Waals surface area contributed by atoms with Crippen LogP contribution in [0.5, 0.6) is 23.0 Å². The maximum absolute atomic E-state index is 14.8. The third-order valence-electron chi connectivity index (χ3n) is 10.3. The second-order valence-corrected chi connectivity index (χ2v) is 14.4. The monoisotopic (exact) mass is 727 g/mol. The highest BCUT2D eigenvalue weighted by molar-refractivity contribution is 5.98. The van der Waals surface area contributed by atoms with Crippen LogP contribution < -0.4 is 24.4 Å². The molecule has 52 heavy (non-hydrogen) atoms. The van der Waals surface area contributed by atoms with E-state index in [0.717, 1.165) is 75.1 Å². The predicted molar refractivity (Wildman–Crippen MR) is 180 cm³/mol. The Morgan fingerprint density at radius 2 is 1.88 bits per heavy atom. The number of alkyl halides is 3. The molecule has 3 aromatic rings. The molecule has 2 saturated heterocycles. The second kappa shape index (κ2) is 14.1. The van der Waals surface area contributed by atoms with Crippen molar-refractivity contribution in [1.82, 2.24) is 30.1 Å². The summed E-state index contributed by atoms with van der Waals surface area (Å²) >= 11 is 0. The standard InChI is InChI=1S/C36H41F4N7O5/c1-4-47(21(2)3)33(48)25-9-23(37)10-29(52-34(49)36(38,39)40)31(25)51-30-15-42-20-44-32(30)46-18-35(19-46)11-24(12-35)50-28-5-7-43-27-6-8-45(17-26(27)28)16-22-13-41-14-22/h5,7,9-10,15,20-22,24,41H,4,6,8,11-14,16-19H2,1-3H3. The number of nitrogens with zero attached hydrogens (tertiary/aromatic N) is 6. The number of hydrogen-bond donors (Lipinski definition) is 1. The summed E-state index contributed by atoms with van der Waals surface area (Å²) < 4.78 is 71.7. The lowest BCUT2D eigenvalue weighted by atomic mass is 9.61. The Balaban J connectivity index is 1.06. The summed E-state index contributed by atoms with van der Waals surface area (Å²) in [5.74, 6) is -3.99. The number of anilines is 1. The summed E-state index contributed by atoms with van der Waals surface area (Å²) in [6, 6.07) is 3.02. The highest BCUT2D eigenvalue weighted by Crippen LogP contribution is 2.52. The minimum atomic E-state index is -5.39. The van der Waals surface area contributed by atoms with E-state index >= 15 is 0 Å². The van der Waals surface area contributed by atoms with Crippen LogP contribution in [0.3, 0.4) is 0 Å². The SMILES string of the molecule is CCN(C(=O)c1cc(F)cc(OC(=O)C(F)(F)F)c1Oc1cncnc1N1CC2(CC(Oc3ccnc4c3CN(CC3CNC3)CC4)C2)C1)C(C)C. The summed E-state index contributed by atoms with van der Waals surface area (Å²) in [6.45, 7) is 11.6. The molecule has 278 valence electrons. The van der Waals surface area contributed by atoms with Gasteiger partial charge >= 0.3 is 12.1 Å². The van der Waals surface area contributed by atoms with Crippen LogP contribution >= 0.6 is 0 Å². The molecular weight excluding hydrogens is 686 g/mol. The van der Waals surface area contributed by atoms with Gasteiger partial charge < -0.3 is 29.3 Å². The zero-order valence-electron chi connectivity index (χ0n) is 29.2. The van der Waals surface area contributed by atoms with Crippen molar-refractivity contribution in [3.8, 4) is 23.0 Å². The predicted octanol–water partition coefficient (Wildman–Crippen LogP) is 4.77. The number of carbonyl (C=O) groups excluding carboxylic acids is 2. The summed E-state index contributed by atoms with van der Waals surface area (Å²) in [5, 5.41) is 3.34.